The Kier molecular flexibility index (Phi) is 6.13. The molecular formula is C17H29N3O5. The summed E-state index contributed by atoms with van der Waals surface area (Å²) in [6.45, 7) is 6.14. The molecule has 1 aliphatic heterocycles. The number of hydrogen-bond donors (Lipinski definition) is 2. The first-order chi connectivity index (χ1) is 11.7. The predicted molar refractivity (Wildman–Crippen MR) is 91.1 cm³/mol. The van der Waals surface area contributed by atoms with Gasteiger partial charge in [-0.1, -0.05) is 0 Å². The van der Waals surface area contributed by atoms with Crippen LogP contribution in [0.25, 0.3) is 0 Å². The third-order valence-corrected chi connectivity index (χ3v) is 4.58. The van der Waals surface area contributed by atoms with Crippen LogP contribution in [0.5, 0.6) is 0 Å². The van der Waals surface area contributed by atoms with Crippen LogP contribution in [0.4, 0.5) is 9.59 Å². The van der Waals surface area contributed by atoms with E-state index in [9.17, 15) is 14.4 Å². The van der Waals surface area contributed by atoms with E-state index in [1.807, 2.05) is 25.7 Å². The van der Waals surface area contributed by atoms with Crippen LogP contribution in [0, 0.1) is 0 Å². The minimum atomic E-state index is -0.578. The van der Waals surface area contributed by atoms with Gasteiger partial charge >= 0.3 is 12.2 Å². The van der Waals surface area contributed by atoms with Gasteiger partial charge in [-0.3, -0.25) is 4.79 Å². The molecule has 1 aliphatic carbocycles. The van der Waals surface area contributed by atoms with Crippen LogP contribution in [-0.2, 0) is 14.3 Å². The van der Waals surface area contributed by atoms with Gasteiger partial charge in [-0.2, -0.15) is 0 Å². The van der Waals surface area contributed by atoms with Crippen LogP contribution in [0.2, 0.25) is 0 Å². The molecule has 2 N–H and O–H groups in total. The molecule has 1 heterocycles. The molecule has 1 saturated carbocycles. The van der Waals surface area contributed by atoms with Crippen LogP contribution in [0.15, 0.2) is 0 Å². The summed E-state index contributed by atoms with van der Waals surface area (Å²) in [5.74, 6) is -0.0473. The molecule has 3 amide bonds. The molecule has 0 aromatic rings. The van der Waals surface area contributed by atoms with Crippen molar-refractivity contribution in [3.63, 3.8) is 0 Å². The first-order valence-corrected chi connectivity index (χ1v) is 8.84. The Labute approximate surface area is 148 Å². The Morgan fingerprint density at radius 2 is 1.68 bits per heavy atom. The number of nitrogens with one attached hydrogen (secondary N) is 2. The van der Waals surface area contributed by atoms with Crippen molar-refractivity contribution in [3.05, 3.63) is 0 Å². The minimum Gasteiger partial charge on any atom is -0.453 e. The maximum atomic E-state index is 12.4. The lowest BCUT2D eigenvalue weighted by molar-refractivity contribution is -0.131. The summed E-state index contributed by atoms with van der Waals surface area (Å²) >= 11 is 0. The Balaban J connectivity index is 1.78. The van der Waals surface area contributed by atoms with Gasteiger partial charge in [-0.05, 0) is 52.9 Å². The molecule has 8 heteroatoms. The minimum absolute atomic E-state index is 0.0473. The lowest BCUT2D eigenvalue weighted by Gasteiger charge is -2.35. The van der Waals surface area contributed by atoms with Crippen molar-refractivity contribution in [2.24, 2.45) is 0 Å². The monoisotopic (exact) mass is 355 g/mol. The molecule has 142 valence electrons. The highest BCUT2D eigenvalue weighted by Crippen LogP contribution is 2.27. The molecule has 0 radical (unpaired) electrons. The molecule has 2 fully saturated rings. The number of hydrogen-bond acceptors (Lipinski definition) is 5. The van der Waals surface area contributed by atoms with Gasteiger partial charge in [0.25, 0.3) is 0 Å². The standard InChI is InChI=1S/C17H29N3O5/c1-17(2,3)25-16(23)18-11-5-7-12(8-6-11)20-10-9-13(14(20)21)19-15(22)24-4/h11-13H,5-10H2,1-4H3,(H,18,23)(H,19,22)/t11?,12?,13-/m0/s1. The second-order valence-electron chi connectivity index (χ2n) is 7.66. The van der Waals surface area contributed by atoms with E-state index in [1.165, 1.54) is 7.11 Å². The van der Waals surface area contributed by atoms with Crippen molar-refractivity contribution in [1.29, 1.82) is 0 Å². The van der Waals surface area contributed by atoms with E-state index in [0.29, 0.717) is 13.0 Å². The summed E-state index contributed by atoms with van der Waals surface area (Å²) < 4.78 is 9.83. The summed E-state index contributed by atoms with van der Waals surface area (Å²) in [6.07, 6.45) is 2.91. The van der Waals surface area contributed by atoms with Crippen molar-refractivity contribution < 1.29 is 23.9 Å². The van der Waals surface area contributed by atoms with E-state index in [2.05, 4.69) is 15.4 Å². The van der Waals surface area contributed by atoms with Crippen LogP contribution in [0.3, 0.4) is 0 Å². The van der Waals surface area contributed by atoms with Gasteiger partial charge in [0, 0.05) is 18.6 Å². The molecule has 0 bridgehead atoms. The molecule has 0 unspecified atom stereocenters. The van der Waals surface area contributed by atoms with E-state index < -0.39 is 23.8 Å². The molecule has 1 saturated heterocycles. The number of amides is 3. The van der Waals surface area contributed by atoms with Crippen molar-refractivity contribution in [1.82, 2.24) is 15.5 Å². The zero-order chi connectivity index (χ0) is 18.6. The van der Waals surface area contributed by atoms with E-state index in [1.54, 1.807) is 0 Å². The number of rotatable bonds is 3. The van der Waals surface area contributed by atoms with Gasteiger partial charge in [-0.25, -0.2) is 9.59 Å². The zero-order valence-corrected chi connectivity index (χ0v) is 15.5. The fraction of sp³-hybridized carbons (Fsp3) is 0.824. The quantitative estimate of drug-likeness (QED) is 0.804. The SMILES string of the molecule is COC(=O)N[C@H]1CCN(C2CCC(NC(=O)OC(C)(C)C)CC2)C1=O. The molecular weight excluding hydrogens is 326 g/mol. The number of nitrogens with zero attached hydrogens (tertiary/aromatic N) is 1. The van der Waals surface area contributed by atoms with E-state index in [4.69, 9.17) is 4.74 Å². The first-order valence-electron chi connectivity index (χ1n) is 8.84. The molecule has 2 rings (SSSR count). The third-order valence-electron chi connectivity index (χ3n) is 4.58. The van der Waals surface area contributed by atoms with Crippen LogP contribution in [0.1, 0.15) is 52.9 Å². The molecule has 8 nitrogen and oxygen atoms in total. The van der Waals surface area contributed by atoms with Crippen LogP contribution < -0.4 is 10.6 Å². The van der Waals surface area contributed by atoms with Gasteiger partial charge in [0.05, 0.1) is 7.11 Å². The van der Waals surface area contributed by atoms with Crippen molar-refractivity contribution in [3.8, 4) is 0 Å². The number of alkyl carbamates (subject to hydrolysis) is 2. The maximum absolute atomic E-state index is 12.4. The molecule has 0 spiro atoms. The number of carbonyl (C=O) groups is 3. The zero-order valence-electron chi connectivity index (χ0n) is 15.5. The average Bonchev–Trinajstić information content (AvgIpc) is 2.87. The lowest BCUT2D eigenvalue weighted by Crippen LogP contribution is -2.48. The second kappa shape index (κ2) is 7.93. The van der Waals surface area contributed by atoms with Gasteiger partial charge < -0.3 is 25.0 Å². The van der Waals surface area contributed by atoms with Crippen LogP contribution >= 0.6 is 0 Å². The molecule has 1 atom stereocenters. The highest BCUT2D eigenvalue weighted by atomic mass is 16.6. The summed E-state index contributed by atoms with van der Waals surface area (Å²) in [6, 6.07) is -0.258. The number of carbonyl (C=O) groups excluding carboxylic acids is 3. The van der Waals surface area contributed by atoms with Gasteiger partial charge in [0.15, 0.2) is 0 Å². The third kappa shape index (κ3) is 5.51. The van der Waals surface area contributed by atoms with E-state index in [-0.39, 0.29) is 18.0 Å². The van der Waals surface area contributed by atoms with Crippen LogP contribution in [-0.4, -0.2) is 60.4 Å². The predicted octanol–water partition coefficient (Wildman–Crippen LogP) is 1.78. The average molecular weight is 355 g/mol. The first kappa shape index (κ1) is 19.3. The fourth-order valence-electron chi connectivity index (χ4n) is 3.41. The number of likely N-dealkylation sites (tertiary alicyclic amines) is 1. The second-order valence-corrected chi connectivity index (χ2v) is 7.66. The maximum Gasteiger partial charge on any atom is 0.407 e. The fourth-order valence-corrected chi connectivity index (χ4v) is 3.41. The number of ether oxygens (including phenoxy) is 2. The molecule has 25 heavy (non-hydrogen) atoms. The Morgan fingerprint density at radius 3 is 2.24 bits per heavy atom. The molecule has 2 aliphatic rings. The summed E-state index contributed by atoms with van der Waals surface area (Å²) in [7, 11) is 1.28. The highest BCUT2D eigenvalue weighted by Gasteiger charge is 2.38. The summed E-state index contributed by atoms with van der Waals surface area (Å²) in [5, 5.41) is 5.48. The van der Waals surface area contributed by atoms with Gasteiger partial charge in [0.1, 0.15) is 11.6 Å². The molecule has 0 aromatic heterocycles. The van der Waals surface area contributed by atoms with E-state index in [0.717, 1.165) is 25.7 Å². The Morgan fingerprint density at radius 1 is 1.04 bits per heavy atom. The van der Waals surface area contributed by atoms with Gasteiger partial charge in [-0.15, -0.1) is 0 Å². The van der Waals surface area contributed by atoms with Crippen molar-refractivity contribution in [2.45, 2.75) is 76.6 Å². The van der Waals surface area contributed by atoms with Gasteiger partial charge in [0.2, 0.25) is 5.91 Å². The smallest absolute Gasteiger partial charge is 0.407 e. The molecule has 0 aromatic carbocycles. The largest absolute Gasteiger partial charge is 0.453 e. The normalized spacial score (nSPS) is 27.0. The summed E-state index contributed by atoms with van der Waals surface area (Å²) in [5.41, 5.74) is -0.509. The Bertz CT molecular complexity index is 509. The highest BCUT2D eigenvalue weighted by molar-refractivity contribution is 5.87. The van der Waals surface area contributed by atoms with Crippen molar-refractivity contribution in [2.75, 3.05) is 13.7 Å². The van der Waals surface area contributed by atoms with Crippen molar-refractivity contribution >= 4 is 18.1 Å². The topological polar surface area (TPSA) is 97.0 Å². The number of methoxy groups -OCH3 is 1. The summed E-state index contributed by atoms with van der Waals surface area (Å²) in [4.78, 5) is 37.4. The Hall–Kier alpha value is -1.99. The van der Waals surface area contributed by atoms with E-state index >= 15 is 0 Å². The lowest BCUT2D eigenvalue weighted by atomic mass is 9.90.